The fraction of sp³-hybridized carbons (Fsp3) is 0.429. The van der Waals surface area contributed by atoms with Crippen molar-refractivity contribution >= 4 is 21.7 Å². The van der Waals surface area contributed by atoms with E-state index in [2.05, 4.69) is 21.0 Å². The molecular weight excluding hydrogens is 208 g/mol. The molecule has 0 amide bonds. The van der Waals surface area contributed by atoms with Gasteiger partial charge >= 0.3 is 0 Å². The number of carbonyl (C=O) groups excluding carboxylic acids is 1. The number of aryl methyl sites for hydroxylation is 2. The zero-order chi connectivity index (χ0) is 8.43. The molecule has 0 aliphatic heterocycles. The molecule has 0 spiro atoms. The molecule has 0 fully saturated rings. The number of hydrogen-bond acceptors (Lipinski definition) is 2. The fourth-order valence-electron chi connectivity index (χ4n) is 0.765. The number of ketones is 1. The average molecular weight is 217 g/mol. The van der Waals surface area contributed by atoms with Crippen molar-refractivity contribution in [2.45, 2.75) is 6.92 Å². The predicted octanol–water partition coefficient (Wildman–Crippen LogP) is 1.31. The highest BCUT2D eigenvalue weighted by Gasteiger charge is 2.08. The third-order valence-corrected chi connectivity index (χ3v) is 2.03. The van der Waals surface area contributed by atoms with Crippen LogP contribution in [0.2, 0.25) is 0 Å². The first-order chi connectivity index (χ1) is 5.15. The van der Waals surface area contributed by atoms with Crippen LogP contribution in [0.25, 0.3) is 0 Å². The van der Waals surface area contributed by atoms with Gasteiger partial charge in [-0.15, -0.1) is 0 Å². The van der Waals surface area contributed by atoms with E-state index >= 15 is 0 Å². The molecule has 0 aromatic carbocycles. The number of aromatic nitrogens is 2. The van der Waals surface area contributed by atoms with Gasteiger partial charge in [0.1, 0.15) is 5.69 Å². The van der Waals surface area contributed by atoms with E-state index < -0.39 is 0 Å². The highest BCUT2D eigenvalue weighted by atomic mass is 79.9. The van der Waals surface area contributed by atoms with E-state index in [1.54, 1.807) is 10.7 Å². The van der Waals surface area contributed by atoms with Crippen molar-refractivity contribution in [3.63, 3.8) is 0 Å². The van der Waals surface area contributed by atoms with Gasteiger partial charge in [-0.2, -0.15) is 5.10 Å². The zero-order valence-electron chi connectivity index (χ0n) is 6.47. The first kappa shape index (κ1) is 8.46. The highest BCUT2D eigenvalue weighted by Crippen LogP contribution is 2.03. The summed E-state index contributed by atoms with van der Waals surface area (Å²) in [5.41, 5.74) is 1.52. The molecule has 0 saturated carbocycles. The Morgan fingerprint density at radius 3 is 2.82 bits per heavy atom. The van der Waals surface area contributed by atoms with Crippen molar-refractivity contribution in [2.24, 2.45) is 7.05 Å². The Hall–Kier alpha value is -0.640. The maximum atomic E-state index is 11.1. The van der Waals surface area contributed by atoms with Crippen LogP contribution in [-0.4, -0.2) is 20.9 Å². The van der Waals surface area contributed by atoms with Gasteiger partial charge in [0, 0.05) is 12.7 Å². The molecule has 1 aromatic heterocycles. The maximum absolute atomic E-state index is 11.1. The van der Waals surface area contributed by atoms with E-state index in [4.69, 9.17) is 0 Å². The van der Waals surface area contributed by atoms with E-state index in [0.29, 0.717) is 11.0 Å². The molecule has 11 heavy (non-hydrogen) atoms. The first-order valence-corrected chi connectivity index (χ1v) is 4.37. The van der Waals surface area contributed by atoms with Gasteiger partial charge in [0.2, 0.25) is 0 Å². The number of rotatable bonds is 2. The van der Waals surface area contributed by atoms with Crippen LogP contribution in [0, 0.1) is 6.92 Å². The van der Waals surface area contributed by atoms with Crippen LogP contribution in [0.3, 0.4) is 0 Å². The van der Waals surface area contributed by atoms with Gasteiger partial charge in [0.15, 0.2) is 5.78 Å². The molecular formula is C7H9BrN2O. The van der Waals surface area contributed by atoms with Crippen molar-refractivity contribution in [2.75, 3.05) is 5.33 Å². The van der Waals surface area contributed by atoms with Crippen molar-refractivity contribution in [3.05, 3.63) is 17.5 Å². The topological polar surface area (TPSA) is 34.9 Å². The number of nitrogens with zero attached hydrogens (tertiary/aromatic N) is 2. The summed E-state index contributed by atoms with van der Waals surface area (Å²) in [6, 6.07) is 1.78. The molecule has 0 radical (unpaired) electrons. The Kier molecular flexibility index (Phi) is 2.44. The zero-order valence-corrected chi connectivity index (χ0v) is 8.05. The molecule has 1 heterocycles. The second kappa shape index (κ2) is 3.17. The fourth-order valence-corrected chi connectivity index (χ4v) is 1.05. The van der Waals surface area contributed by atoms with Crippen LogP contribution in [0.15, 0.2) is 6.07 Å². The molecule has 4 heteroatoms. The third-order valence-electron chi connectivity index (χ3n) is 1.52. The molecule has 1 aromatic rings. The van der Waals surface area contributed by atoms with Crippen LogP contribution in [0.1, 0.15) is 16.2 Å². The van der Waals surface area contributed by atoms with Gasteiger partial charge in [-0.3, -0.25) is 9.48 Å². The van der Waals surface area contributed by atoms with Crippen LogP contribution in [0.5, 0.6) is 0 Å². The molecule has 0 bridgehead atoms. The molecule has 1 rings (SSSR count). The van der Waals surface area contributed by atoms with Crippen molar-refractivity contribution < 1.29 is 4.79 Å². The Labute approximate surface area is 73.5 Å². The second-order valence-corrected chi connectivity index (χ2v) is 2.91. The Morgan fingerprint density at radius 1 is 1.82 bits per heavy atom. The van der Waals surface area contributed by atoms with E-state index in [9.17, 15) is 4.79 Å². The number of halogens is 1. The van der Waals surface area contributed by atoms with Crippen LogP contribution >= 0.6 is 15.9 Å². The quantitative estimate of drug-likeness (QED) is 0.552. The summed E-state index contributed by atoms with van der Waals surface area (Å²) in [6.45, 7) is 1.91. The smallest absolute Gasteiger partial charge is 0.193 e. The van der Waals surface area contributed by atoms with Crippen molar-refractivity contribution in [1.82, 2.24) is 9.78 Å². The number of carbonyl (C=O) groups is 1. The third kappa shape index (κ3) is 1.68. The number of hydrogen-bond donors (Lipinski definition) is 0. The summed E-state index contributed by atoms with van der Waals surface area (Å²) in [6.07, 6.45) is 0. The van der Waals surface area contributed by atoms with Gasteiger partial charge < -0.3 is 0 Å². The van der Waals surface area contributed by atoms with Crippen LogP contribution in [-0.2, 0) is 7.05 Å². The number of alkyl halides is 1. The monoisotopic (exact) mass is 216 g/mol. The SMILES string of the molecule is Cc1cc(C(=O)CBr)nn1C. The minimum atomic E-state index is 0.0219. The van der Waals surface area contributed by atoms with Gasteiger partial charge in [-0.25, -0.2) is 0 Å². The van der Waals surface area contributed by atoms with E-state index in [-0.39, 0.29) is 5.78 Å². The van der Waals surface area contributed by atoms with E-state index in [1.165, 1.54) is 0 Å². The lowest BCUT2D eigenvalue weighted by Crippen LogP contribution is -2.01. The molecule has 60 valence electrons. The lowest BCUT2D eigenvalue weighted by molar-refractivity contribution is 0.101. The first-order valence-electron chi connectivity index (χ1n) is 3.25. The van der Waals surface area contributed by atoms with Gasteiger partial charge in [0.25, 0.3) is 0 Å². The number of Topliss-reactive ketones (excluding diaryl/α,β-unsaturated/α-hetero) is 1. The molecule has 0 atom stereocenters. The summed E-state index contributed by atoms with van der Waals surface area (Å²) < 4.78 is 1.69. The van der Waals surface area contributed by atoms with Crippen LogP contribution in [0.4, 0.5) is 0 Å². The van der Waals surface area contributed by atoms with E-state index in [0.717, 1.165) is 5.69 Å². The summed E-state index contributed by atoms with van der Waals surface area (Å²) in [7, 11) is 1.82. The minimum Gasteiger partial charge on any atom is -0.291 e. The van der Waals surface area contributed by atoms with Crippen LogP contribution < -0.4 is 0 Å². The largest absolute Gasteiger partial charge is 0.291 e. The van der Waals surface area contributed by atoms with Gasteiger partial charge in [-0.05, 0) is 13.0 Å². The highest BCUT2D eigenvalue weighted by molar-refractivity contribution is 9.09. The molecule has 3 nitrogen and oxygen atoms in total. The Morgan fingerprint density at radius 2 is 2.45 bits per heavy atom. The maximum Gasteiger partial charge on any atom is 0.193 e. The standard InChI is InChI=1S/C7H9BrN2O/c1-5-3-6(7(11)4-8)9-10(5)2/h3H,4H2,1-2H3. The Bertz CT molecular complexity index is 260. The molecule has 0 saturated heterocycles. The lowest BCUT2D eigenvalue weighted by Gasteiger charge is -1.89. The summed E-state index contributed by atoms with van der Waals surface area (Å²) in [5.74, 6) is 0.0219. The van der Waals surface area contributed by atoms with Crippen molar-refractivity contribution in [3.8, 4) is 0 Å². The molecule has 0 aliphatic rings. The van der Waals surface area contributed by atoms with E-state index in [1.807, 2.05) is 14.0 Å². The summed E-state index contributed by atoms with van der Waals surface area (Å²) >= 11 is 3.09. The molecule has 0 N–H and O–H groups in total. The summed E-state index contributed by atoms with van der Waals surface area (Å²) in [4.78, 5) is 11.1. The predicted molar refractivity (Wildman–Crippen MR) is 46.1 cm³/mol. The minimum absolute atomic E-state index is 0.0219. The molecule has 0 aliphatic carbocycles. The van der Waals surface area contributed by atoms with Gasteiger partial charge in [0.05, 0.1) is 5.33 Å². The summed E-state index contributed by atoms with van der Waals surface area (Å²) in [5, 5.41) is 4.35. The van der Waals surface area contributed by atoms with Gasteiger partial charge in [-0.1, -0.05) is 15.9 Å². The second-order valence-electron chi connectivity index (χ2n) is 2.35. The van der Waals surface area contributed by atoms with Crippen molar-refractivity contribution in [1.29, 1.82) is 0 Å². The lowest BCUT2D eigenvalue weighted by atomic mass is 10.3. The average Bonchev–Trinajstić information content (AvgIpc) is 2.31. The molecule has 0 unspecified atom stereocenters. The normalized spacial score (nSPS) is 10.1. The Balaban J connectivity index is 2.97.